The van der Waals surface area contributed by atoms with Crippen LogP contribution in [0.4, 0.5) is 0 Å². The number of aryl methyl sites for hydroxylation is 2. The maximum absolute atomic E-state index is 12.2. The van der Waals surface area contributed by atoms with E-state index in [2.05, 4.69) is 20.4 Å². The van der Waals surface area contributed by atoms with Crippen molar-refractivity contribution in [2.75, 3.05) is 26.4 Å². The van der Waals surface area contributed by atoms with Crippen LogP contribution in [0.1, 0.15) is 27.6 Å². The number of carbonyl (C=O) groups is 2. The lowest BCUT2D eigenvalue weighted by Gasteiger charge is -2.18. The van der Waals surface area contributed by atoms with Gasteiger partial charge in [0.25, 0.3) is 17.5 Å². The van der Waals surface area contributed by atoms with Crippen molar-refractivity contribution in [2.45, 2.75) is 20.3 Å². The van der Waals surface area contributed by atoms with Crippen molar-refractivity contribution < 1.29 is 23.8 Å². The van der Waals surface area contributed by atoms with E-state index in [4.69, 9.17) is 14.2 Å². The molecule has 10 heteroatoms. The molecule has 1 aromatic carbocycles. The fraction of sp³-hybridized carbons (Fsp3) is 0.350. The van der Waals surface area contributed by atoms with E-state index in [1.807, 2.05) is 38.1 Å². The number of ether oxygens (including phenoxy) is 3. The average Bonchev–Trinajstić information content (AvgIpc) is 3.16. The summed E-state index contributed by atoms with van der Waals surface area (Å²) in [5.74, 6) is 0.416. The number of fused-ring (bicyclic) bond motifs is 2. The summed E-state index contributed by atoms with van der Waals surface area (Å²) in [5.41, 5.74) is 2.56. The third-order valence-electron chi connectivity index (χ3n) is 4.48. The summed E-state index contributed by atoms with van der Waals surface area (Å²) in [6.45, 7) is 4.71. The van der Waals surface area contributed by atoms with Crippen molar-refractivity contribution in [1.29, 1.82) is 0 Å². The van der Waals surface area contributed by atoms with E-state index in [9.17, 15) is 9.59 Å². The molecule has 1 aliphatic heterocycles. The lowest BCUT2D eigenvalue weighted by atomic mass is 10.1. The molecule has 10 nitrogen and oxygen atoms in total. The summed E-state index contributed by atoms with van der Waals surface area (Å²) in [5, 5.41) is 6.80. The normalized spacial score (nSPS) is 12.6. The van der Waals surface area contributed by atoms with Gasteiger partial charge in [0.05, 0.1) is 0 Å². The maximum Gasteiger partial charge on any atom is 0.378 e. The fourth-order valence-corrected chi connectivity index (χ4v) is 3.09. The van der Waals surface area contributed by atoms with Gasteiger partial charge in [-0.15, -0.1) is 5.10 Å². The van der Waals surface area contributed by atoms with E-state index in [0.717, 1.165) is 22.7 Å². The predicted molar refractivity (Wildman–Crippen MR) is 105 cm³/mol. The first-order valence-electron chi connectivity index (χ1n) is 9.53. The lowest BCUT2D eigenvalue weighted by Crippen LogP contribution is -2.30. The quantitative estimate of drug-likeness (QED) is 0.598. The molecule has 156 valence electrons. The van der Waals surface area contributed by atoms with Gasteiger partial charge in [0.1, 0.15) is 13.2 Å². The van der Waals surface area contributed by atoms with Crippen molar-refractivity contribution in [2.24, 2.45) is 0 Å². The Hall–Kier alpha value is -3.69. The molecule has 0 fully saturated rings. The van der Waals surface area contributed by atoms with Crippen molar-refractivity contribution in [3.8, 4) is 11.5 Å². The summed E-state index contributed by atoms with van der Waals surface area (Å²) < 4.78 is 17.5. The van der Waals surface area contributed by atoms with Gasteiger partial charge in [-0.05, 0) is 44.0 Å². The van der Waals surface area contributed by atoms with Gasteiger partial charge in [0.15, 0.2) is 18.1 Å². The third kappa shape index (κ3) is 4.32. The highest BCUT2D eigenvalue weighted by Crippen LogP contribution is 2.30. The Labute approximate surface area is 172 Å². The van der Waals surface area contributed by atoms with Crippen LogP contribution in [0.2, 0.25) is 0 Å². The van der Waals surface area contributed by atoms with Crippen LogP contribution in [-0.4, -0.2) is 57.8 Å². The first-order chi connectivity index (χ1) is 14.5. The molecule has 1 N–H and O–H groups in total. The Morgan fingerprint density at radius 1 is 1.13 bits per heavy atom. The molecule has 0 atom stereocenters. The molecule has 30 heavy (non-hydrogen) atoms. The molecule has 2 aromatic heterocycles. The number of amides is 1. The number of aromatic nitrogens is 4. The molecule has 3 aromatic rings. The number of hydrogen-bond donors (Lipinski definition) is 1. The summed E-state index contributed by atoms with van der Waals surface area (Å²) in [6, 6.07) is 7.50. The van der Waals surface area contributed by atoms with E-state index >= 15 is 0 Å². The molecule has 0 unspecified atom stereocenters. The maximum atomic E-state index is 12.2. The molecule has 3 heterocycles. The molecule has 0 radical (unpaired) electrons. The van der Waals surface area contributed by atoms with Gasteiger partial charge >= 0.3 is 5.97 Å². The Morgan fingerprint density at radius 3 is 2.77 bits per heavy atom. The first-order valence-corrected chi connectivity index (χ1v) is 9.53. The first kappa shape index (κ1) is 19.6. The summed E-state index contributed by atoms with van der Waals surface area (Å²) in [4.78, 5) is 32.4. The van der Waals surface area contributed by atoms with Gasteiger partial charge < -0.3 is 19.5 Å². The number of esters is 1. The highest BCUT2D eigenvalue weighted by Gasteiger charge is 2.18. The van der Waals surface area contributed by atoms with Crippen molar-refractivity contribution in [1.82, 2.24) is 24.9 Å². The van der Waals surface area contributed by atoms with Gasteiger partial charge in [-0.25, -0.2) is 14.3 Å². The van der Waals surface area contributed by atoms with Gasteiger partial charge in [0.2, 0.25) is 0 Å². The molecular weight excluding hydrogens is 390 g/mol. The van der Waals surface area contributed by atoms with Crippen LogP contribution in [0.25, 0.3) is 5.78 Å². The smallest absolute Gasteiger partial charge is 0.378 e. The second-order valence-corrected chi connectivity index (χ2v) is 6.84. The van der Waals surface area contributed by atoms with Crippen molar-refractivity contribution in [3.63, 3.8) is 0 Å². The zero-order valence-corrected chi connectivity index (χ0v) is 16.7. The zero-order chi connectivity index (χ0) is 21.1. The standard InChI is InChI=1S/C20H21N5O5/c1-12-9-13(2)25-20(22-12)23-18(24-25)19(27)30-11-17(26)21-6-5-14-3-4-15-16(10-14)29-8-7-28-15/h3-4,9-10H,5-8,11H2,1-2H3,(H,21,26). The number of nitrogens with one attached hydrogen (secondary N) is 1. The van der Waals surface area contributed by atoms with Crippen molar-refractivity contribution >= 4 is 17.7 Å². The molecule has 1 amide bonds. The highest BCUT2D eigenvalue weighted by molar-refractivity contribution is 5.88. The fourth-order valence-electron chi connectivity index (χ4n) is 3.09. The monoisotopic (exact) mass is 411 g/mol. The molecule has 4 rings (SSSR count). The molecule has 0 spiro atoms. The molecule has 1 aliphatic rings. The lowest BCUT2D eigenvalue weighted by molar-refractivity contribution is -0.124. The Morgan fingerprint density at radius 2 is 1.93 bits per heavy atom. The van der Waals surface area contributed by atoms with E-state index in [1.165, 1.54) is 4.52 Å². The Balaban J connectivity index is 1.26. The molecule has 0 bridgehead atoms. The molecule has 0 saturated carbocycles. The Bertz CT molecular complexity index is 1110. The second-order valence-electron chi connectivity index (χ2n) is 6.84. The summed E-state index contributed by atoms with van der Waals surface area (Å²) in [6.07, 6.45) is 0.606. The van der Waals surface area contributed by atoms with Crippen LogP contribution in [0.5, 0.6) is 11.5 Å². The van der Waals surface area contributed by atoms with Crippen LogP contribution < -0.4 is 14.8 Å². The van der Waals surface area contributed by atoms with Crippen LogP contribution in [0.15, 0.2) is 24.3 Å². The number of nitrogens with zero attached hydrogens (tertiary/aromatic N) is 4. The van der Waals surface area contributed by atoms with E-state index in [0.29, 0.717) is 37.7 Å². The second kappa shape index (κ2) is 8.36. The minimum absolute atomic E-state index is 0.139. The van der Waals surface area contributed by atoms with Gasteiger partial charge in [-0.1, -0.05) is 6.07 Å². The number of rotatable bonds is 6. The average molecular weight is 411 g/mol. The van der Waals surface area contributed by atoms with Gasteiger partial charge in [0, 0.05) is 17.9 Å². The topological polar surface area (TPSA) is 117 Å². The molecule has 0 aliphatic carbocycles. The minimum atomic E-state index is -0.778. The Kier molecular flexibility index (Phi) is 5.46. The van der Waals surface area contributed by atoms with Crippen molar-refractivity contribution in [3.05, 3.63) is 47.0 Å². The van der Waals surface area contributed by atoms with Crippen LogP contribution in [-0.2, 0) is 16.0 Å². The number of benzene rings is 1. The van der Waals surface area contributed by atoms with Crippen LogP contribution in [0, 0.1) is 13.8 Å². The molecular formula is C20H21N5O5. The van der Waals surface area contributed by atoms with Crippen LogP contribution >= 0.6 is 0 Å². The van der Waals surface area contributed by atoms with Gasteiger partial charge in [-0.2, -0.15) is 4.98 Å². The number of carbonyl (C=O) groups excluding carboxylic acids is 2. The third-order valence-corrected chi connectivity index (χ3v) is 4.48. The van der Waals surface area contributed by atoms with E-state index in [-0.39, 0.29) is 5.82 Å². The number of hydrogen-bond acceptors (Lipinski definition) is 8. The largest absolute Gasteiger partial charge is 0.486 e. The zero-order valence-electron chi connectivity index (χ0n) is 16.7. The summed E-state index contributed by atoms with van der Waals surface area (Å²) >= 11 is 0. The molecule has 0 saturated heterocycles. The van der Waals surface area contributed by atoms with E-state index < -0.39 is 18.5 Å². The minimum Gasteiger partial charge on any atom is -0.486 e. The summed E-state index contributed by atoms with van der Waals surface area (Å²) in [7, 11) is 0. The van der Waals surface area contributed by atoms with E-state index in [1.54, 1.807) is 0 Å². The SMILES string of the molecule is Cc1cc(C)n2nc(C(=O)OCC(=O)NCCc3ccc4c(c3)OCCO4)nc2n1. The predicted octanol–water partition coefficient (Wildman–Crippen LogP) is 1.03. The highest BCUT2D eigenvalue weighted by atomic mass is 16.6. The van der Waals surface area contributed by atoms with Crippen LogP contribution in [0.3, 0.4) is 0 Å². The van der Waals surface area contributed by atoms with Gasteiger partial charge in [-0.3, -0.25) is 4.79 Å².